The number of carbonyl (C=O) groups excluding carboxylic acids is 1. The number of amides is 1. The highest BCUT2D eigenvalue weighted by Gasteiger charge is 2.36. The van der Waals surface area contributed by atoms with Crippen LogP contribution >= 0.6 is 11.6 Å². The molecule has 0 atom stereocenters. The second-order valence-electron chi connectivity index (χ2n) is 7.36. The number of nitrogens with one attached hydrogen (secondary N) is 1. The van der Waals surface area contributed by atoms with E-state index in [2.05, 4.69) is 36.5 Å². The van der Waals surface area contributed by atoms with Gasteiger partial charge in [0.05, 0.1) is 12.7 Å². The molecule has 0 spiro atoms. The molecular formula is C22H26ClNO2. The SMILES string of the molecule is COc1ccc(Cl)cc1C(=O)NCC1(c2ccccc2)CCC(C)CC1. The highest BCUT2D eigenvalue weighted by atomic mass is 35.5. The summed E-state index contributed by atoms with van der Waals surface area (Å²) in [5.74, 6) is 1.15. The average Bonchev–Trinajstić information content (AvgIpc) is 2.68. The van der Waals surface area contributed by atoms with E-state index >= 15 is 0 Å². The highest BCUT2D eigenvalue weighted by Crippen LogP contribution is 2.41. The van der Waals surface area contributed by atoms with Gasteiger partial charge >= 0.3 is 0 Å². The zero-order valence-electron chi connectivity index (χ0n) is 15.4. The van der Waals surface area contributed by atoms with Gasteiger partial charge in [-0.1, -0.05) is 48.9 Å². The lowest BCUT2D eigenvalue weighted by Crippen LogP contribution is -2.43. The van der Waals surface area contributed by atoms with Crippen molar-refractivity contribution in [1.82, 2.24) is 5.32 Å². The standard InChI is InChI=1S/C22H26ClNO2/c1-16-10-12-22(13-11-16,17-6-4-3-5-7-17)15-24-21(25)19-14-18(23)8-9-20(19)26-2/h3-9,14,16H,10-13,15H2,1-2H3,(H,24,25). The predicted octanol–water partition coefficient (Wildman–Crippen LogP) is 5.23. The molecule has 2 aromatic rings. The van der Waals surface area contributed by atoms with Crippen molar-refractivity contribution in [2.24, 2.45) is 5.92 Å². The molecule has 4 heteroatoms. The Hall–Kier alpha value is -2.00. The lowest BCUT2D eigenvalue weighted by molar-refractivity contribution is 0.0930. The van der Waals surface area contributed by atoms with Crippen molar-refractivity contribution in [1.29, 1.82) is 0 Å². The van der Waals surface area contributed by atoms with E-state index in [4.69, 9.17) is 16.3 Å². The van der Waals surface area contributed by atoms with Gasteiger partial charge in [-0.2, -0.15) is 0 Å². The Kier molecular flexibility index (Phi) is 5.87. The fourth-order valence-corrected chi connectivity index (χ4v) is 4.05. The van der Waals surface area contributed by atoms with Crippen molar-refractivity contribution in [3.63, 3.8) is 0 Å². The van der Waals surface area contributed by atoms with Gasteiger partial charge in [0.25, 0.3) is 5.91 Å². The van der Waals surface area contributed by atoms with Crippen LogP contribution in [0.15, 0.2) is 48.5 Å². The maximum absolute atomic E-state index is 12.8. The van der Waals surface area contributed by atoms with Crippen LogP contribution in [0.5, 0.6) is 5.75 Å². The first kappa shape index (κ1) is 18.8. The first-order chi connectivity index (χ1) is 12.5. The molecule has 1 fully saturated rings. The Balaban J connectivity index is 1.80. The van der Waals surface area contributed by atoms with Crippen molar-refractivity contribution in [2.45, 2.75) is 38.0 Å². The lowest BCUT2D eigenvalue weighted by Gasteiger charge is -2.40. The van der Waals surface area contributed by atoms with Crippen LogP contribution in [0.2, 0.25) is 5.02 Å². The fourth-order valence-electron chi connectivity index (χ4n) is 3.88. The summed E-state index contributed by atoms with van der Waals surface area (Å²) in [7, 11) is 1.56. The quantitative estimate of drug-likeness (QED) is 0.781. The zero-order valence-corrected chi connectivity index (χ0v) is 16.2. The van der Waals surface area contributed by atoms with E-state index in [1.807, 2.05) is 6.07 Å². The van der Waals surface area contributed by atoms with Gasteiger partial charge in [-0.05, 0) is 55.4 Å². The Morgan fingerprint density at radius 1 is 1.19 bits per heavy atom. The van der Waals surface area contributed by atoms with Gasteiger partial charge in [0, 0.05) is 17.0 Å². The molecule has 0 aromatic heterocycles. The van der Waals surface area contributed by atoms with Crippen molar-refractivity contribution in [3.05, 3.63) is 64.7 Å². The number of rotatable bonds is 5. The molecule has 0 heterocycles. The Morgan fingerprint density at radius 2 is 1.88 bits per heavy atom. The minimum Gasteiger partial charge on any atom is -0.496 e. The van der Waals surface area contributed by atoms with Crippen LogP contribution in [-0.2, 0) is 5.41 Å². The molecule has 1 amide bonds. The first-order valence-electron chi connectivity index (χ1n) is 9.21. The van der Waals surface area contributed by atoms with E-state index in [0.717, 1.165) is 18.8 Å². The number of hydrogen-bond acceptors (Lipinski definition) is 2. The van der Waals surface area contributed by atoms with E-state index in [-0.39, 0.29) is 11.3 Å². The van der Waals surface area contributed by atoms with E-state index in [0.29, 0.717) is 22.9 Å². The van der Waals surface area contributed by atoms with E-state index < -0.39 is 0 Å². The summed E-state index contributed by atoms with van der Waals surface area (Å²) in [6, 6.07) is 15.7. The van der Waals surface area contributed by atoms with Gasteiger partial charge in [-0.15, -0.1) is 0 Å². The Bertz CT molecular complexity index is 752. The number of halogens is 1. The normalized spacial score (nSPS) is 22.7. The van der Waals surface area contributed by atoms with Crippen LogP contribution in [0.1, 0.15) is 48.5 Å². The molecule has 0 saturated heterocycles. The molecule has 0 bridgehead atoms. The zero-order chi connectivity index (χ0) is 18.6. The summed E-state index contributed by atoms with van der Waals surface area (Å²) in [6.07, 6.45) is 4.55. The summed E-state index contributed by atoms with van der Waals surface area (Å²) in [5, 5.41) is 3.68. The van der Waals surface area contributed by atoms with Crippen molar-refractivity contribution in [2.75, 3.05) is 13.7 Å². The summed E-state index contributed by atoms with van der Waals surface area (Å²) >= 11 is 6.07. The topological polar surface area (TPSA) is 38.3 Å². The van der Waals surface area contributed by atoms with Crippen LogP contribution in [-0.4, -0.2) is 19.6 Å². The fraction of sp³-hybridized carbons (Fsp3) is 0.409. The molecule has 2 aromatic carbocycles. The molecular weight excluding hydrogens is 346 g/mol. The molecule has 138 valence electrons. The molecule has 1 N–H and O–H groups in total. The lowest BCUT2D eigenvalue weighted by atomic mass is 9.67. The first-order valence-corrected chi connectivity index (χ1v) is 9.59. The molecule has 0 radical (unpaired) electrons. The second kappa shape index (κ2) is 8.13. The van der Waals surface area contributed by atoms with Crippen LogP contribution in [0.3, 0.4) is 0 Å². The summed E-state index contributed by atoms with van der Waals surface area (Å²) in [6.45, 7) is 2.93. The maximum Gasteiger partial charge on any atom is 0.255 e. The second-order valence-corrected chi connectivity index (χ2v) is 7.79. The summed E-state index contributed by atoms with van der Waals surface area (Å²) < 4.78 is 5.32. The smallest absolute Gasteiger partial charge is 0.255 e. The van der Waals surface area contributed by atoms with Gasteiger partial charge in [0.2, 0.25) is 0 Å². The van der Waals surface area contributed by atoms with Gasteiger partial charge in [-0.25, -0.2) is 0 Å². The van der Waals surface area contributed by atoms with Crippen LogP contribution < -0.4 is 10.1 Å². The molecule has 0 aliphatic heterocycles. The van der Waals surface area contributed by atoms with Gasteiger partial charge in [0.15, 0.2) is 0 Å². The number of methoxy groups -OCH3 is 1. The maximum atomic E-state index is 12.8. The molecule has 3 nitrogen and oxygen atoms in total. The van der Waals surface area contributed by atoms with Gasteiger partial charge in [0.1, 0.15) is 5.75 Å². The molecule has 0 unspecified atom stereocenters. The van der Waals surface area contributed by atoms with E-state index in [1.165, 1.54) is 18.4 Å². The van der Waals surface area contributed by atoms with Gasteiger partial charge in [-0.3, -0.25) is 4.79 Å². The molecule has 3 rings (SSSR count). The molecule has 1 saturated carbocycles. The largest absolute Gasteiger partial charge is 0.496 e. The monoisotopic (exact) mass is 371 g/mol. The predicted molar refractivity (Wildman–Crippen MR) is 106 cm³/mol. The van der Waals surface area contributed by atoms with Crippen molar-refractivity contribution < 1.29 is 9.53 Å². The number of ether oxygens (including phenoxy) is 1. The third-order valence-corrected chi connectivity index (χ3v) is 5.85. The molecule has 26 heavy (non-hydrogen) atoms. The van der Waals surface area contributed by atoms with Crippen LogP contribution in [0.4, 0.5) is 0 Å². The van der Waals surface area contributed by atoms with Crippen molar-refractivity contribution in [3.8, 4) is 5.75 Å². The molecule has 1 aliphatic rings. The van der Waals surface area contributed by atoms with Crippen LogP contribution in [0, 0.1) is 5.92 Å². The minimum atomic E-state index is -0.140. The highest BCUT2D eigenvalue weighted by molar-refractivity contribution is 6.31. The third-order valence-electron chi connectivity index (χ3n) is 5.61. The summed E-state index contributed by atoms with van der Waals surface area (Å²) in [4.78, 5) is 12.8. The Labute approximate surface area is 160 Å². The van der Waals surface area contributed by atoms with Crippen molar-refractivity contribution >= 4 is 17.5 Å². The minimum absolute atomic E-state index is 0.00472. The number of carbonyl (C=O) groups is 1. The number of hydrogen-bond donors (Lipinski definition) is 1. The number of benzene rings is 2. The van der Waals surface area contributed by atoms with E-state index in [9.17, 15) is 4.79 Å². The Morgan fingerprint density at radius 3 is 2.54 bits per heavy atom. The van der Waals surface area contributed by atoms with Crippen LogP contribution in [0.25, 0.3) is 0 Å². The van der Waals surface area contributed by atoms with E-state index in [1.54, 1.807) is 25.3 Å². The van der Waals surface area contributed by atoms with Gasteiger partial charge < -0.3 is 10.1 Å². The molecule has 1 aliphatic carbocycles. The average molecular weight is 372 g/mol. The summed E-state index contributed by atoms with van der Waals surface area (Å²) in [5.41, 5.74) is 1.78. The third kappa shape index (κ3) is 4.04.